The van der Waals surface area contributed by atoms with Gasteiger partial charge in [-0.15, -0.1) is 11.3 Å². The zero-order chi connectivity index (χ0) is 17.6. The summed E-state index contributed by atoms with van der Waals surface area (Å²) < 4.78 is 1.77. The number of para-hydroxylation sites is 1. The number of nitrogens with zero attached hydrogens (tertiary/aromatic N) is 3. The van der Waals surface area contributed by atoms with Gasteiger partial charge in [-0.25, -0.2) is 4.68 Å². The molecule has 0 saturated carbocycles. The summed E-state index contributed by atoms with van der Waals surface area (Å²) in [6.07, 6.45) is 1.89. The molecular weight excluding hydrogens is 330 g/mol. The first-order valence-corrected chi connectivity index (χ1v) is 9.61. The molecule has 0 unspecified atom stereocenters. The van der Waals surface area contributed by atoms with Gasteiger partial charge >= 0.3 is 0 Å². The van der Waals surface area contributed by atoms with Crippen LogP contribution in [0.3, 0.4) is 0 Å². The van der Waals surface area contributed by atoms with Gasteiger partial charge in [0, 0.05) is 13.1 Å². The highest BCUT2D eigenvalue weighted by Crippen LogP contribution is 2.26. The maximum atomic E-state index is 13.2. The maximum absolute atomic E-state index is 13.2. The smallest absolute Gasteiger partial charge is 0.272 e. The molecule has 2 heterocycles. The standard InChI is InChI=1S/C20H23N3OS/c1-3-12-22(13-4-2)20(24)18-15-17(19-11-8-14-25-19)21-23(18)16-9-6-5-7-10-16/h5-11,14-15H,3-4,12-13H2,1-2H3. The van der Waals surface area contributed by atoms with Gasteiger partial charge in [0.25, 0.3) is 5.91 Å². The van der Waals surface area contributed by atoms with Crippen molar-refractivity contribution in [2.75, 3.05) is 13.1 Å². The van der Waals surface area contributed by atoms with E-state index in [0.717, 1.165) is 42.2 Å². The van der Waals surface area contributed by atoms with Crippen molar-refractivity contribution in [3.05, 3.63) is 59.6 Å². The molecule has 1 aromatic carbocycles. The van der Waals surface area contributed by atoms with Crippen LogP contribution in [0.1, 0.15) is 37.2 Å². The Balaban J connectivity index is 2.05. The summed E-state index contributed by atoms with van der Waals surface area (Å²) >= 11 is 1.63. The number of carbonyl (C=O) groups excluding carboxylic acids is 1. The predicted molar refractivity (Wildman–Crippen MR) is 103 cm³/mol. The van der Waals surface area contributed by atoms with Crippen LogP contribution in [0.2, 0.25) is 0 Å². The number of benzene rings is 1. The quantitative estimate of drug-likeness (QED) is 0.608. The molecule has 0 saturated heterocycles. The van der Waals surface area contributed by atoms with Crippen molar-refractivity contribution in [1.29, 1.82) is 0 Å². The van der Waals surface area contributed by atoms with E-state index < -0.39 is 0 Å². The van der Waals surface area contributed by atoms with Crippen LogP contribution < -0.4 is 0 Å². The van der Waals surface area contributed by atoms with Gasteiger partial charge in [0.15, 0.2) is 0 Å². The molecule has 0 aliphatic rings. The van der Waals surface area contributed by atoms with E-state index in [2.05, 4.69) is 13.8 Å². The van der Waals surface area contributed by atoms with E-state index in [4.69, 9.17) is 5.10 Å². The van der Waals surface area contributed by atoms with E-state index in [-0.39, 0.29) is 5.91 Å². The Morgan fingerprint density at radius 2 is 1.80 bits per heavy atom. The van der Waals surface area contributed by atoms with Gasteiger partial charge < -0.3 is 4.90 Å². The molecule has 0 aliphatic carbocycles. The number of hydrogen-bond donors (Lipinski definition) is 0. The zero-order valence-corrected chi connectivity index (χ0v) is 15.5. The number of amides is 1. The average Bonchev–Trinajstić information content (AvgIpc) is 3.31. The molecule has 3 aromatic rings. The van der Waals surface area contributed by atoms with Crippen molar-refractivity contribution < 1.29 is 4.79 Å². The van der Waals surface area contributed by atoms with Crippen LogP contribution in [0, 0.1) is 0 Å². The lowest BCUT2D eigenvalue weighted by Crippen LogP contribution is -2.33. The van der Waals surface area contributed by atoms with Crippen LogP contribution in [0.4, 0.5) is 0 Å². The van der Waals surface area contributed by atoms with Crippen LogP contribution in [0.25, 0.3) is 16.3 Å². The Bertz CT molecular complexity index is 803. The minimum atomic E-state index is 0.0443. The van der Waals surface area contributed by atoms with Crippen LogP contribution in [0.15, 0.2) is 53.9 Å². The van der Waals surface area contributed by atoms with Gasteiger partial charge in [0.05, 0.1) is 10.6 Å². The van der Waals surface area contributed by atoms with Gasteiger partial charge in [-0.1, -0.05) is 38.1 Å². The fraction of sp³-hybridized carbons (Fsp3) is 0.300. The summed E-state index contributed by atoms with van der Waals surface area (Å²) in [4.78, 5) is 16.2. The van der Waals surface area contributed by atoms with Crippen LogP contribution >= 0.6 is 11.3 Å². The third kappa shape index (κ3) is 3.82. The fourth-order valence-electron chi connectivity index (χ4n) is 2.86. The molecule has 3 rings (SSSR count). The number of thiophene rings is 1. The monoisotopic (exact) mass is 353 g/mol. The van der Waals surface area contributed by atoms with E-state index in [1.165, 1.54) is 0 Å². The second-order valence-electron chi connectivity index (χ2n) is 5.93. The third-order valence-corrected chi connectivity index (χ3v) is 4.87. The van der Waals surface area contributed by atoms with E-state index >= 15 is 0 Å². The fourth-order valence-corrected chi connectivity index (χ4v) is 3.54. The van der Waals surface area contributed by atoms with Gasteiger partial charge in [-0.2, -0.15) is 5.10 Å². The van der Waals surface area contributed by atoms with Gasteiger partial charge in [0.1, 0.15) is 11.4 Å². The molecule has 5 heteroatoms. The summed E-state index contributed by atoms with van der Waals surface area (Å²) in [5.74, 6) is 0.0443. The SMILES string of the molecule is CCCN(CCC)C(=O)c1cc(-c2cccs2)nn1-c1ccccc1. The highest BCUT2D eigenvalue weighted by atomic mass is 32.1. The highest BCUT2D eigenvalue weighted by molar-refractivity contribution is 7.13. The van der Waals surface area contributed by atoms with Crippen LogP contribution in [0.5, 0.6) is 0 Å². The van der Waals surface area contributed by atoms with Crippen LogP contribution in [-0.4, -0.2) is 33.7 Å². The molecule has 0 N–H and O–H groups in total. The first kappa shape index (κ1) is 17.4. The molecule has 2 aromatic heterocycles. The molecule has 0 atom stereocenters. The van der Waals surface area contributed by atoms with Gasteiger partial charge in [-0.3, -0.25) is 4.79 Å². The Morgan fingerprint density at radius 1 is 1.08 bits per heavy atom. The summed E-state index contributed by atoms with van der Waals surface area (Å²) in [5.41, 5.74) is 2.37. The average molecular weight is 353 g/mol. The highest BCUT2D eigenvalue weighted by Gasteiger charge is 2.22. The first-order chi connectivity index (χ1) is 12.2. The Labute approximate surface area is 152 Å². The zero-order valence-electron chi connectivity index (χ0n) is 14.7. The molecule has 4 nitrogen and oxygen atoms in total. The van der Waals surface area contributed by atoms with Crippen molar-refractivity contribution in [1.82, 2.24) is 14.7 Å². The largest absolute Gasteiger partial charge is 0.337 e. The molecule has 1 amide bonds. The number of carbonyl (C=O) groups is 1. The van der Waals surface area contributed by atoms with Crippen molar-refractivity contribution in [3.8, 4) is 16.3 Å². The van der Waals surface area contributed by atoms with Crippen LogP contribution in [-0.2, 0) is 0 Å². The number of rotatable bonds is 7. The lowest BCUT2D eigenvalue weighted by Gasteiger charge is -2.21. The molecular formula is C20H23N3OS. The lowest BCUT2D eigenvalue weighted by molar-refractivity contribution is 0.0746. The van der Waals surface area contributed by atoms with Crippen molar-refractivity contribution in [2.45, 2.75) is 26.7 Å². The van der Waals surface area contributed by atoms with Crippen molar-refractivity contribution in [3.63, 3.8) is 0 Å². The second kappa shape index (κ2) is 8.12. The van der Waals surface area contributed by atoms with E-state index in [0.29, 0.717) is 5.69 Å². The van der Waals surface area contributed by atoms with E-state index in [1.807, 2.05) is 58.8 Å². The molecule has 0 radical (unpaired) electrons. The van der Waals surface area contributed by atoms with E-state index in [9.17, 15) is 4.79 Å². The predicted octanol–water partition coefficient (Wildman–Crippen LogP) is 4.86. The third-order valence-electron chi connectivity index (χ3n) is 3.98. The minimum absolute atomic E-state index is 0.0443. The topological polar surface area (TPSA) is 38.1 Å². The maximum Gasteiger partial charge on any atom is 0.272 e. The Hall–Kier alpha value is -2.40. The lowest BCUT2D eigenvalue weighted by atomic mass is 10.2. The minimum Gasteiger partial charge on any atom is -0.337 e. The molecule has 25 heavy (non-hydrogen) atoms. The summed E-state index contributed by atoms with van der Waals surface area (Å²) in [6.45, 7) is 5.73. The molecule has 130 valence electrons. The van der Waals surface area contributed by atoms with Gasteiger partial charge in [0.2, 0.25) is 0 Å². The number of aromatic nitrogens is 2. The first-order valence-electron chi connectivity index (χ1n) is 8.73. The Morgan fingerprint density at radius 3 is 2.40 bits per heavy atom. The summed E-state index contributed by atoms with van der Waals surface area (Å²) in [5, 5.41) is 6.75. The molecule has 0 fully saturated rings. The molecule has 0 aliphatic heterocycles. The normalized spacial score (nSPS) is 10.8. The summed E-state index contributed by atoms with van der Waals surface area (Å²) in [7, 11) is 0. The Kier molecular flexibility index (Phi) is 5.66. The van der Waals surface area contributed by atoms with E-state index in [1.54, 1.807) is 16.0 Å². The molecule has 0 spiro atoms. The molecule has 0 bridgehead atoms. The van der Waals surface area contributed by atoms with Gasteiger partial charge in [-0.05, 0) is 42.5 Å². The number of hydrogen-bond acceptors (Lipinski definition) is 3. The van der Waals surface area contributed by atoms with Crippen molar-refractivity contribution >= 4 is 17.2 Å². The summed E-state index contributed by atoms with van der Waals surface area (Å²) in [6, 6.07) is 15.8. The second-order valence-corrected chi connectivity index (χ2v) is 6.88. The van der Waals surface area contributed by atoms with Crippen molar-refractivity contribution in [2.24, 2.45) is 0 Å².